The van der Waals surface area contributed by atoms with Gasteiger partial charge in [0, 0.05) is 12.1 Å². The van der Waals surface area contributed by atoms with Gasteiger partial charge >= 0.3 is 0 Å². The second-order valence-corrected chi connectivity index (χ2v) is 4.66. The second kappa shape index (κ2) is 6.40. The van der Waals surface area contributed by atoms with Crippen molar-refractivity contribution < 1.29 is 9.53 Å². The summed E-state index contributed by atoms with van der Waals surface area (Å²) in [6, 6.07) is 7.61. The average molecular weight is 250 g/mol. The van der Waals surface area contributed by atoms with Crippen LogP contribution >= 0.6 is 0 Å². The minimum absolute atomic E-state index is 0.129. The Morgan fingerprint density at radius 3 is 2.72 bits per heavy atom. The predicted molar refractivity (Wildman–Crippen MR) is 72.3 cm³/mol. The quantitative estimate of drug-likeness (QED) is 0.809. The van der Waals surface area contributed by atoms with Gasteiger partial charge in [-0.3, -0.25) is 4.79 Å². The SMILES string of the molecule is CCCC(C)(N)C(=O)NCc1ccccc1OC. The Bertz CT molecular complexity index is 403. The first kappa shape index (κ1) is 14.5. The van der Waals surface area contributed by atoms with E-state index in [0.717, 1.165) is 17.7 Å². The first-order chi connectivity index (χ1) is 8.51. The van der Waals surface area contributed by atoms with Crippen LogP contribution in [0.3, 0.4) is 0 Å². The molecule has 0 aliphatic carbocycles. The highest BCUT2D eigenvalue weighted by atomic mass is 16.5. The number of para-hydroxylation sites is 1. The zero-order valence-corrected chi connectivity index (χ0v) is 11.3. The standard InChI is InChI=1S/C14H22N2O2/c1-4-9-14(2,15)13(17)16-10-11-7-5-6-8-12(11)18-3/h5-8H,4,9-10,15H2,1-3H3,(H,16,17). The van der Waals surface area contributed by atoms with E-state index in [2.05, 4.69) is 5.32 Å². The maximum Gasteiger partial charge on any atom is 0.240 e. The molecule has 1 amide bonds. The lowest BCUT2D eigenvalue weighted by Gasteiger charge is -2.23. The molecule has 0 bridgehead atoms. The Hall–Kier alpha value is -1.55. The van der Waals surface area contributed by atoms with Crippen LogP contribution in [0.2, 0.25) is 0 Å². The third-order valence-electron chi connectivity index (χ3n) is 2.92. The van der Waals surface area contributed by atoms with Gasteiger partial charge in [0.25, 0.3) is 0 Å². The minimum atomic E-state index is -0.809. The molecule has 1 aromatic carbocycles. The summed E-state index contributed by atoms with van der Waals surface area (Å²) in [5.74, 6) is 0.641. The van der Waals surface area contributed by atoms with Gasteiger partial charge in [0.1, 0.15) is 5.75 Å². The van der Waals surface area contributed by atoms with Gasteiger partial charge in [0.05, 0.1) is 12.6 Å². The van der Waals surface area contributed by atoms with E-state index in [4.69, 9.17) is 10.5 Å². The molecule has 0 aliphatic rings. The fraction of sp³-hybridized carbons (Fsp3) is 0.500. The molecular formula is C14H22N2O2. The van der Waals surface area contributed by atoms with Gasteiger partial charge in [-0.1, -0.05) is 31.5 Å². The summed E-state index contributed by atoms with van der Waals surface area (Å²) in [7, 11) is 1.62. The average Bonchev–Trinajstić information content (AvgIpc) is 2.36. The first-order valence-corrected chi connectivity index (χ1v) is 6.20. The van der Waals surface area contributed by atoms with Gasteiger partial charge in [0.2, 0.25) is 5.91 Å². The van der Waals surface area contributed by atoms with Gasteiger partial charge in [-0.25, -0.2) is 0 Å². The van der Waals surface area contributed by atoms with E-state index in [1.54, 1.807) is 14.0 Å². The number of nitrogens with two attached hydrogens (primary N) is 1. The van der Waals surface area contributed by atoms with Crippen LogP contribution in [0, 0.1) is 0 Å². The molecular weight excluding hydrogens is 228 g/mol. The van der Waals surface area contributed by atoms with Crippen LogP contribution in [0.15, 0.2) is 24.3 Å². The predicted octanol–water partition coefficient (Wildman–Crippen LogP) is 1.83. The van der Waals surface area contributed by atoms with E-state index in [1.807, 2.05) is 31.2 Å². The molecule has 1 atom stereocenters. The maximum absolute atomic E-state index is 12.0. The number of benzene rings is 1. The molecule has 4 heteroatoms. The first-order valence-electron chi connectivity index (χ1n) is 6.20. The summed E-state index contributed by atoms with van der Waals surface area (Å²) in [6.07, 6.45) is 1.56. The van der Waals surface area contributed by atoms with E-state index in [-0.39, 0.29) is 5.91 Å². The smallest absolute Gasteiger partial charge is 0.240 e. The topological polar surface area (TPSA) is 64.4 Å². The van der Waals surface area contributed by atoms with E-state index in [0.29, 0.717) is 13.0 Å². The van der Waals surface area contributed by atoms with Crippen molar-refractivity contribution in [1.29, 1.82) is 0 Å². The highest BCUT2D eigenvalue weighted by Gasteiger charge is 2.26. The number of methoxy groups -OCH3 is 1. The summed E-state index contributed by atoms with van der Waals surface area (Å²) >= 11 is 0. The number of nitrogens with one attached hydrogen (secondary N) is 1. The fourth-order valence-corrected chi connectivity index (χ4v) is 1.86. The zero-order valence-electron chi connectivity index (χ0n) is 11.3. The molecule has 100 valence electrons. The Balaban J connectivity index is 2.62. The highest BCUT2D eigenvalue weighted by molar-refractivity contribution is 5.85. The second-order valence-electron chi connectivity index (χ2n) is 4.66. The number of hydrogen-bond donors (Lipinski definition) is 2. The molecule has 4 nitrogen and oxygen atoms in total. The lowest BCUT2D eigenvalue weighted by Crippen LogP contribution is -2.51. The van der Waals surface area contributed by atoms with Crippen molar-refractivity contribution in [3.05, 3.63) is 29.8 Å². The summed E-state index contributed by atoms with van der Waals surface area (Å²) in [5.41, 5.74) is 6.10. The number of carbonyl (C=O) groups excluding carboxylic acids is 1. The Morgan fingerprint density at radius 2 is 2.11 bits per heavy atom. The Kier molecular flexibility index (Phi) is 5.16. The van der Waals surface area contributed by atoms with Crippen LogP contribution in [0.4, 0.5) is 0 Å². The number of carbonyl (C=O) groups is 1. The van der Waals surface area contributed by atoms with Crippen molar-refractivity contribution in [2.24, 2.45) is 5.73 Å². The highest BCUT2D eigenvalue weighted by Crippen LogP contribution is 2.17. The van der Waals surface area contributed by atoms with E-state index >= 15 is 0 Å². The van der Waals surface area contributed by atoms with E-state index in [9.17, 15) is 4.79 Å². The van der Waals surface area contributed by atoms with Crippen molar-refractivity contribution in [2.45, 2.75) is 38.8 Å². The summed E-state index contributed by atoms with van der Waals surface area (Å²) in [4.78, 5) is 12.0. The van der Waals surface area contributed by atoms with Crippen LogP contribution < -0.4 is 15.8 Å². The van der Waals surface area contributed by atoms with E-state index in [1.165, 1.54) is 0 Å². The molecule has 0 spiro atoms. The largest absolute Gasteiger partial charge is 0.496 e. The van der Waals surface area contributed by atoms with Gasteiger partial charge < -0.3 is 15.8 Å². The van der Waals surface area contributed by atoms with Crippen molar-refractivity contribution in [2.75, 3.05) is 7.11 Å². The van der Waals surface area contributed by atoms with Gasteiger partial charge in [-0.05, 0) is 19.4 Å². The lowest BCUT2D eigenvalue weighted by molar-refractivity contribution is -0.126. The molecule has 0 saturated carbocycles. The molecule has 0 fully saturated rings. The molecule has 1 unspecified atom stereocenters. The molecule has 1 rings (SSSR count). The van der Waals surface area contributed by atoms with Gasteiger partial charge in [-0.2, -0.15) is 0 Å². The number of rotatable bonds is 6. The molecule has 0 radical (unpaired) electrons. The Morgan fingerprint density at radius 1 is 1.44 bits per heavy atom. The number of ether oxygens (including phenoxy) is 1. The third-order valence-corrected chi connectivity index (χ3v) is 2.92. The molecule has 0 saturated heterocycles. The van der Waals surface area contributed by atoms with Crippen LogP contribution in [0.5, 0.6) is 5.75 Å². The van der Waals surface area contributed by atoms with Crippen molar-refractivity contribution in [1.82, 2.24) is 5.32 Å². The summed E-state index contributed by atoms with van der Waals surface area (Å²) in [5, 5.41) is 2.85. The van der Waals surface area contributed by atoms with Crippen molar-refractivity contribution in [3.8, 4) is 5.75 Å². The van der Waals surface area contributed by atoms with Crippen molar-refractivity contribution >= 4 is 5.91 Å². The molecule has 18 heavy (non-hydrogen) atoms. The minimum Gasteiger partial charge on any atom is -0.496 e. The molecule has 0 heterocycles. The zero-order chi connectivity index (χ0) is 13.6. The third kappa shape index (κ3) is 3.74. The summed E-state index contributed by atoms with van der Waals surface area (Å²) < 4.78 is 5.23. The van der Waals surface area contributed by atoms with Gasteiger partial charge in [0.15, 0.2) is 0 Å². The van der Waals surface area contributed by atoms with Crippen LogP contribution in [0.1, 0.15) is 32.3 Å². The molecule has 0 aliphatic heterocycles. The summed E-state index contributed by atoms with van der Waals surface area (Å²) in [6.45, 7) is 4.20. The molecule has 1 aromatic rings. The van der Waals surface area contributed by atoms with Crippen LogP contribution in [0.25, 0.3) is 0 Å². The van der Waals surface area contributed by atoms with Crippen LogP contribution in [-0.2, 0) is 11.3 Å². The van der Waals surface area contributed by atoms with Crippen LogP contribution in [-0.4, -0.2) is 18.6 Å². The van der Waals surface area contributed by atoms with Gasteiger partial charge in [-0.15, -0.1) is 0 Å². The fourth-order valence-electron chi connectivity index (χ4n) is 1.86. The normalized spacial score (nSPS) is 13.8. The molecule has 0 aromatic heterocycles. The maximum atomic E-state index is 12.0. The number of hydrogen-bond acceptors (Lipinski definition) is 3. The lowest BCUT2D eigenvalue weighted by atomic mass is 9.96. The van der Waals surface area contributed by atoms with Crippen molar-refractivity contribution in [3.63, 3.8) is 0 Å². The van der Waals surface area contributed by atoms with E-state index < -0.39 is 5.54 Å². The monoisotopic (exact) mass is 250 g/mol. The Labute approximate surface area is 109 Å². The molecule has 3 N–H and O–H groups in total. The number of amides is 1.